The van der Waals surface area contributed by atoms with E-state index in [2.05, 4.69) is 4.98 Å². The molecule has 0 radical (unpaired) electrons. The fourth-order valence-electron chi connectivity index (χ4n) is 2.68. The van der Waals surface area contributed by atoms with Crippen molar-refractivity contribution in [2.75, 3.05) is 0 Å². The van der Waals surface area contributed by atoms with Gasteiger partial charge in [0.2, 0.25) is 0 Å². The summed E-state index contributed by atoms with van der Waals surface area (Å²) < 4.78 is 13.1. The van der Waals surface area contributed by atoms with Gasteiger partial charge in [-0.1, -0.05) is 13.3 Å². The minimum Gasteiger partial charge on any atom is -0.361 e. The lowest BCUT2D eigenvalue weighted by Crippen LogP contribution is -2.26. The highest BCUT2D eigenvalue weighted by Crippen LogP contribution is 2.35. The van der Waals surface area contributed by atoms with Crippen molar-refractivity contribution in [3.05, 3.63) is 35.8 Å². The highest BCUT2D eigenvalue weighted by atomic mass is 19.1. The molecule has 1 atom stereocenters. The topological polar surface area (TPSA) is 32.9 Å². The number of nitrogens with one attached hydrogen (secondary N) is 1. The third-order valence-corrected chi connectivity index (χ3v) is 4.08. The molecule has 2 aromatic rings. The normalized spacial score (nSPS) is 17.7. The molecule has 0 saturated heterocycles. The summed E-state index contributed by atoms with van der Waals surface area (Å²) in [5, 5.41) is 0.955. The first kappa shape index (κ1) is 11.5. The second kappa shape index (κ2) is 4.23. The molecule has 1 fully saturated rings. The van der Waals surface area contributed by atoms with Crippen LogP contribution in [0, 0.1) is 11.7 Å². The zero-order valence-corrected chi connectivity index (χ0v) is 10.4. The van der Waals surface area contributed by atoms with E-state index in [9.17, 15) is 9.18 Å². The van der Waals surface area contributed by atoms with Gasteiger partial charge in [0.15, 0.2) is 0 Å². The number of rotatable bonds is 3. The van der Waals surface area contributed by atoms with E-state index in [0.717, 1.165) is 29.3 Å². The number of fused-ring (bicyclic) bond motifs is 1. The van der Waals surface area contributed by atoms with Gasteiger partial charge in [-0.3, -0.25) is 4.79 Å². The van der Waals surface area contributed by atoms with Crippen LogP contribution in [-0.2, 0) is 4.79 Å². The molecular weight excluding hydrogens is 229 g/mol. The Bertz CT molecular complexity index is 598. The van der Waals surface area contributed by atoms with Crippen LogP contribution in [0.5, 0.6) is 0 Å². The summed E-state index contributed by atoms with van der Waals surface area (Å²) >= 11 is 0. The van der Waals surface area contributed by atoms with E-state index < -0.39 is 0 Å². The lowest BCUT2D eigenvalue weighted by atomic mass is 9.76. The number of aromatic amines is 1. The van der Waals surface area contributed by atoms with E-state index in [1.807, 2.05) is 13.1 Å². The first-order valence-corrected chi connectivity index (χ1v) is 6.47. The molecule has 0 spiro atoms. The van der Waals surface area contributed by atoms with Crippen molar-refractivity contribution in [1.82, 2.24) is 4.98 Å². The lowest BCUT2D eigenvalue weighted by molar-refractivity contribution is -0.126. The molecule has 1 aliphatic carbocycles. The van der Waals surface area contributed by atoms with Gasteiger partial charge in [0, 0.05) is 28.9 Å². The van der Waals surface area contributed by atoms with Gasteiger partial charge in [-0.2, -0.15) is 0 Å². The number of carbonyl (C=O) groups excluding carboxylic acids is 1. The molecular formula is C15H16FNO. The zero-order chi connectivity index (χ0) is 12.7. The Morgan fingerprint density at radius 3 is 2.89 bits per heavy atom. The van der Waals surface area contributed by atoms with Gasteiger partial charge in [-0.05, 0) is 36.6 Å². The van der Waals surface area contributed by atoms with Gasteiger partial charge in [0.1, 0.15) is 11.6 Å². The van der Waals surface area contributed by atoms with E-state index in [-0.39, 0.29) is 17.7 Å². The summed E-state index contributed by atoms with van der Waals surface area (Å²) in [6, 6.07) is 4.67. The first-order chi connectivity index (χ1) is 8.66. The van der Waals surface area contributed by atoms with Gasteiger partial charge in [0.05, 0.1) is 0 Å². The molecule has 1 aromatic heterocycles. The second-order valence-electron chi connectivity index (χ2n) is 5.19. The Morgan fingerprint density at radius 1 is 1.44 bits per heavy atom. The average molecular weight is 245 g/mol. The third-order valence-electron chi connectivity index (χ3n) is 4.08. The molecule has 0 bridgehead atoms. The van der Waals surface area contributed by atoms with Crippen LogP contribution in [-0.4, -0.2) is 10.8 Å². The summed E-state index contributed by atoms with van der Waals surface area (Å²) in [5.41, 5.74) is 1.75. The largest absolute Gasteiger partial charge is 0.361 e. The third kappa shape index (κ3) is 1.74. The van der Waals surface area contributed by atoms with E-state index in [1.165, 1.54) is 18.6 Å². The molecule has 3 rings (SSSR count). The molecule has 1 heterocycles. The summed E-state index contributed by atoms with van der Waals surface area (Å²) in [7, 11) is 0. The molecule has 3 heteroatoms. The maximum Gasteiger partial charge on any atom is 0.143 e. The Balaban J connectivity index is 1.95. The second-order valence-corrected chi connectivity index (χ2v) is 5.19. The highest BCUT2D eigenvalue weighted by molar-refractivity contribution is 5.94. The van der Waals surface area contributed by atoms with Crippen molar-refractivity contribution in [2.24, 2.45) is 5.92 Å². The zero-order valence-electron chi connectivity index (χ0n) is 10.4. The van der Waals surface area contributed by atoms with Crippen LogP contribution in [0.2, 0.25) is 0 Å². The van der Waals surface area contributed by atoms with Gasteiger partial charge >= 0.3 is 0 Å². The monoisotopic (exact) mass is 245 g/mol. The Hall–Kier alpha value is -1.64. The van der Waals surface area contributed by atoms with Gasteiger partial charge in [0.25, 0.3) is 0 Å². The van der Waals surface area contributed by atoms with Gasteiger partial charge in [-0.15, -0.1) is 0 Å². The number of hydrogen-bond donors (Lipinski definition) is 1. The van der Waals surface area contributed by atoms with Crippen LogP contribution in [0.4, 0.5) is 4.39 Å². The number of halogens is 1. The van der Waals surface area contributed by atoms with Gasteiger partial charge in [-0.25, -0.2) is 4.39 Å². The fourth-order valence-corrected chi connectivity index (χ4v) is 2.68. The number of H-pyrrole nitrogens is 1. The van der Waals surface area contributed by atoms with Gasteiger partial charge < -0.3 is 4.98 Å². The van der Waals surface area contributed by atoms with Crippen LogP contribution in [0.3, 0.4) is 0 Å². The standard InChI is InChI=1S/C15H16FNO/c1-9(15(18)10-3-2-4-10)13-8-17-14-7-11(16)5-6-12(13)14/h5-10,17H,2-4H2,1H3. The van der Waals surface area contributed by atoms with Crippen LogP contribution >= 0.6 is 0 Å². The van der Waals surface area contributed by atoms with Crippen molar-refractivity contribution in [1.29, 1.82) is 0 Å². The number of Topliss-reactive ketones (excluding diaryl/α,β-unsaturated/α-hetero) is 1. The Labute approximate surface area is 105 Å². The quantitative estimate of drug-likeness (QED) is 0.877. The van der Waals surface area contributed by atoms with E-state index in [0.29, 0.717) is 5.78 Å². The molecule has 1 N–H and O–H groups in total. The molecule has 18 heavy (non-hydrogen) atoms. The van der Waals surface area contributed by atoms with Crippen molar-refractivity contribution >= 4 is 16.7 Å². The molecule has 1 aliphatic rings. The molecule has 1 unspecified atom stereocenters. The smallest absolute Gasteiger partial charge is 0.143 e. The first-order valence-electron chi connectivity index (χ1n) is 6.47. The van der Waals surface area contributed by atoms with Crippen LogP contribution in [0.25, 0.3) is 10.9 Å². The van der Waals surface area contributed by atoms with Crippen molar-refractivity contribution in [3.63, 3.8) is 0 Å². The van der Waals surface area contributed by atoms with E-state index in [1.54, 1.807) is 6.07 Å². The number of ketones is 1. The minimum atomic E-state index is -0.256. The minimum absolute atomic E-state index is 0.102. The maximum atomic E-state index is 13.1. The number of carbonyl (C=O) groups is 1. The van der Waals surface area contributed by atoms with E-state index in [4.69, 9.17) is 0 Å². The van der Waals surface area contributed by atoms with Crippen LogP contribution < -0.4 is 0 Å². The Morgan fingerprint density at radius 2 is 2.22 bits per heavy atom. The van der Waals surface area contributed by atoms with Crippen molar-refractivity contribution < 1.29 is 9.18 Å². The predicted octanol–water partition coefficient (Wildman–Crippen LogP) is 3.78. The molecule has 94 valence electrons. The molecule has 2 nitrogen and oxygen atoms in total. The molecule has 0 amide bonds. The van der Waals surface area contributed by atoms with Crippen molar-refractivity contribution in [3.8, 4) is 0 Å². The number of hydrogen-bond acceptors (Lipinski definition) is 1. The summed E-state index contributed by atoms with van der Waals surface area (Å²) in [6.07, 6.45) is 5.06. The lowest BCUT2D eigenvalue weighted by Gasteiger charge is -2.26. The summed E-state index contributed by atoms with van der Waals surface area (Å²) in [5.74, 6) is 0.209. The fraction of sp³-hybridized carbons (Fsp3) is 0.400. The summed E-state index contributed by atoms with van der Waals surface area (Å²) in [6.45, 7) is 1.95. The molecule has 1 saturated carbocycles. The maximum absolute atomic E-state index is 13.1. The number of aromatic nitrogens is 1. The SMILES string of the molecule is CC(C(=O)C1CCC1)c1c[nH]c2cc(F)ccc12. The Kier molecular flexibility index (Phi) is 2.69. The molecule has 0 aliphatic heterocycles. The number of benzene rings is 1. The predicted molar refractivity (Wildman–Crippen MR) is 69.0 cm³/mol. The van der Waals surface area contributed by atoms with E-state index >= 15 is 0 Å². The highest BCUT2D eigenvalue weighted by Gasteiger charge is 2.30. The van der Waals surface area contributed by atoms with Crippen molar-refractivity contribution in [2.45, 2.75) is 32.1 Å². The van der Waals surface area contributed by atoms with Crippen LogP contribution in [0.1, 0.15) is 37.7 Å². The van der Waals surface area contributed by atoms with Crippen LogP contribution in [0.15, 0.2) is 24.4 Å². The molecule has 1 aromatic carbocycles. The summed E-state index contributed by atoms with van der Waals surface area (Å²) in [4.78, 5) is 15.3. The average Bonchev–Trinajstić information content (AvgIpc) is 2.68.